The van der Waals surface area contributed by atoms with E-state index in [4.69, 9.17) is 0 Å². The van der Waals surface area contributed by atoms with E-state index in [1.807, 2.05) is 0 Å². The van der Waals surface area contributed by atoms with Gasteiger partial charge in [0.25, 0.3) is 11.5 Å². The molecule has 7 nitrogen and oxygen atoms in total. The van der Waals surface area contributed by atoms with Crippen molar-refractivity contribution in [2.75, 3.05) is 13.1 Å². The van der Waals surface area contributed by atoms with Crippen LogP contribution in [-0.2, 0) is 14.1 Å². The summed E-state index contributed by atoms with van der Waals surface area (Å²) in [6.45, 7) is 3.56. The SMILES string of the molecule is CC1CCCN(C(=O)c2ccc3c(=O)n(C)c(=O)n(C)c3n2)C1. The van der Waals surface area contributed by atoms with Crippen molar-refractivity contribution >= 4 is 16.9 Å². The van der Waals surface area contributed by atoms with Crippen molar-refractivity contribution in [1.29, 1.82) is 0 Å². The van der Waals surface area contributed by atoms with Gasteiger partial charge in [0.2, 0.25) is 0 Å². The van der Waals surface area contributed by atoms with Gasteiger partial charge in [0.1, 0.15) is 11.3 Å². The van der Waals surface area contributed by atoms with Crippen LogP contribution in [0, 0.1) is 5.92 Å². The summed E-state index contributed by atoms with van der Waals surface area (Å²) in [6.07, 6.45) is 2.11. The van der Waals surface area contributed by atoms with Crippen molar-refractivity contribution in [3.8, 4) is 0 Å². The number of amides is 1. The van der Waals surface area contributed by atoms with E-state index in [-0.39, 0.29) is 17.2 Å². The normalized spacial score (nSPS) is 18.4. The summed E-state index contributed by atoms with van der Waals surface area (Å²) in [5.74, 6) is 0.330. The molecule has 0 spiro atoms. The largest absolute Gasteiger partial charge is 0.337 e. The Morgan fingerprint density at radius 2 is 1.96 bits per heavy atom. The maximum absolute atomic E-state index is 12.6. The van der Waals surface area contributed by atoms with Crippen LogP contribution in [0.25, 0.3) is 11.0 Å². The highest BCUT2D eigenvalue weighted by Gasteiger charge is 2.23. The van der Waals surface area contributed by atoms with Crippen LogP contribution in [-0.4, -0.2) is 38.0 Å². The lowest BCUT2D eigenvalue weighted by Gasteiger charge is -2.30. The summed E-state index contributed by atoms with van der Waals surface area (Å²) in [7, 11) is 2.98. The van der Waals surface area contributed by atoms with Crippen molar-refractivity contribution in [2.45, 2.75) is 19.8 Å². The first-order valence-corrected chi connectivity index (χ1v) is 7.76. The Hall–Kier alpha value is -2.44. The molecule has 0 N–H and O–H groups in total. The number of hydrogen-bond donors (Lipinski definition) is 0. The van der Waals surface area contributed by atoms with Gasteiger partial charge in [-0.2, -0.15) is 0 Å². The summed E-state index contributed by atoms with van der Waals surface area (Å²) in [5, 5.41) is 0.332. The molecule has 0 aromatic carbocycles. The molecule has 0 radical (unpaired) electrons. The number of nitrogens with zero attached hydrogens (tertiary/aromatic N) is 4. The van der Waals surface area contributed by atoms with Crippen LogP contribution in [0.3, 0.4) is 0 Å². The number of hydrogen-bond acceptors (Lipinski definition) is 4. The van der Waals surface area contributed by atoms with E-state index in [1.165, 1.54) is 11.6 Å². The molecule has 3 rings (SSSR count). The minimum absolute atomic E-state index is 0.147. The molecule has 3 heterocycles. The molecule has 1 saturated heterocycles. The molecule has 0 aliphatic carbocycles. The summed E-state index contributed by atoms with van der Waals surface area (Å²) >= 11 is 0. The standard InChI is InChI=1S/C16H20N4O3/c1-10-5-4-8-20(9-10)15(22)12-7-6-11-13(17-12)18(2)16(23)19(3)14(11)21/h6-7,10H,4-5,8-9H2,1-3H3. The van der Waals surface area contributed by atoms with Gasteiger partial charge >= 0.3 is 5.69 Å². The third kappa shape index (κ3) is 2.56. The van der Waals surface area contributed by atoms with Crippen LogP contribution < -0.4 is 11.2 Å². The van der Waals surface area contributed by atoms with Gasteiger partial charge in [0.05, 0.1) is 5.39 Å². The van der Waals surface area contributed by atoms with Crippen molar-refractivity contribution in [2.24, 2.45) is 20.0 Å². The molecule has 7 heteroatoms. The monoisotopic (exact) mass is 316 g/mol. The van der Waals surface area contributed by atoms with Gasteiger partial charge in [-0.25, -0.2) is 9.78 Å². The zero-order valence-corrected chi connectivity index (χ0v) is 13.6. The average molecular weight is 316 g/mol. The average Bonchev–Trinajstić information content (AvgIpc) is 2.57. The van der Waals surface area contributed by atoms with Gasteiger partial charge in [0.15, 0.2) is 0 Å². The maximum Gasteiger partial charge on any atom is 0.332 e. The van der Waals surface area contributed by atoms with Gasteiger partial charge < -0.3 is 4.90 Å². The Morgan fingerprint density at radius 3 is 2.65 bits per heavy atom. The molecule has 1 aliphatic rings. The minimum atomic E-state index is -0.453. The van der Waals surface area contributed by atoms with E-state index in [1.54, 1.807) is 24.1 Å². The predicted molar refractivity (Wildman–Crippen MR) is 86.5 cm³/mol. The fourth-order valence-electron chi connectivity index (χ4n) is 3.11. The molecular formula is C16H20N4O3. The minimum Gasteiger partial charge on any atom is -0.337 e. The highest BCUT2D eigenvalue weighted by atomic mass is 16.2. The van der Waals surface area contributed by atoms with E-state index in [2.05, 4.69) is 11.9 Å². The second kappa shape index (κ2) is 5.64. The molecule has 2 aromatic heterocycles. The first-order chi connectivity index (χ1) is 10.9. The van der Waals surface area contributed by atoms with Crippen molar-refractivity contribution in [3.63, 3.8) is 0 Å². The van der Waals surface area contributed by atoms with Gasteiger partial charge in [-0.1, -0.05) is 6.92 Å². The highest BCUT2D eigenvalue weighted by Crippen LogP contribution is 2.18. The van der Waals surface area contributed by atoms with Crippen LogP contribution >= 0.6 is 0 Å². The number of aryl methyl sites for hydroxylation is 1. The van der Waals surface area contributed by atoms with Gasteiger partial charge in [-0.3, -0.25) is 18.7 Å². The Bertz CT molecular complexity index is 897. The second-order valence-corrected chi connectivity index (χ2v) is 6.27. The Morgan fingerprint density at radius 1 is 1.22 bits per heavy atom. The van der Waals surface area contributed by atoms with E-state index in [9.17, 15) is 14.4 Å². The molecule has 0 saturated carbocycles. The third-order valence-corrected chi connectivity index (χ3v) is 4.47. The van der Waals surface area contributed by atoms with Crippen molar-refractivity contribution < 1.29 is 4.79 Å². The maximum atomic E-state index is 12.6. The van der Waals surface area contributed by atoms with E-state index in [0.717, 1.165) is 24.0 Å². The lowest BCUT2D eigenvalue weighted by atomic mass is 10.00. The van der Waals surface area contributed by atoms with Crippen LogP contribution in [0.15, 0.2) is 21.7 Å². The summed E-state index contributed by atoms with van der Waals surface area (Å²) in [6, 6.07) is 3.14. The molecule has 23 heavy (non-hydrogen) atoms. The Kier molecular flexibility index (Phi) is 3.79. The number of carbonyl (C=O) groups excluding carboxylic acids is 1. The van der Waals surface area contributed by atoms with E-state index in [0.29, 0.717) is 17.8 Å². The molecule has 2 aromatic rings. The molecule has 1 unspecified atom stereocenters. The Labute approximate surface area is 133 Å². The zero-order chi connectivity index (χ0) is 16.7. The predicted octanol–water partition coefficient (Wildman–Crippen LogP) is 0.504. The van der Waals surface area contributed by atoms with Crippen LogP contribution in [0.1, 0.15) is 30.3 Å². The number of pyridine rings is 1. The second-order valence-electron chi connectivity index (χ2n) is 6.27. The van der Waals surface area contributed by atoms with E-state index >= 15 is 0 Å². The van der Waals surface area contributed by atoms with Crippen LogP contribution in [0.4, 0.5) is 0 Å². The molecule has 1 amide bonds. The Balaban J connectivity index is 2.08. The third-order valence-electron chi connectivity index (χ3n) is 4.47. The molecule has 0 bridgehead atoms. The molecule has 122 valence electrons. The number of likely N-dealkylation sites (tertiary alicyclic amines) is 1. The lowest BCUT2D eigenvalue weighted by Crippen LogP contribution is -2.40. The number of rotatable bonds is 1. The van der Waals surface area contributed by atoms with Crippen LogP contribution in [0.2, 0.25) is 0 Å². The van der Waals surface area contributed by atoms with Gasteiger partial charge in [0, 0.05) is 27.2 Å². The molecule has 1 aliphatic heterocycles. The zero-order valence-electron chi connectivity index (χ0n) is 13.6. The van der Waals surface area contributed by atoms with Crippen LogP contribution in [0.5, 0.6) is 0 Å². The van der Waals surface area contributed by atoms with Gasteiger partial charge in [-0.05, 0) is 30.9 Å². The van der Waals surface area contributed by atoms with Crippen molar-refractivity contribution in [3.05, 3.63) is 38.7 Å². The summed E-state index contributed by atoms with van der Waals surface area (Å²) < 4.78 is 2.34. The number of carbonyl (C=O) groups is 1. The van der Waals surface area contributed by atoms with Gasteiger partial charge in [-0.15, -0.1) is 0 Å². The quantitative estimate of drug-likeness (QED) is 0.768. The number of fused-ring (bicyclic) bond motifs is 1. The smallest absolute Gasteiger partial charge is 0.332 e. The van der Waals surface area contributed by atoms with E-state index < -0.39 is 11.2 Å². The first-order valence-electron chi connectivity index (χ1n) is 7.76. The first kappa shape index (κ1) is 15.5. The van der Waals surface area contributed by atoms with Crippen molar-refractivity contribution in [1.82, 2.24) is 19.0 Å². The fraction of sp³-hybridized carbons (Fsp3) is 0.500. The number of aromatic nitrogens is 3. The highest BCUT2D eigenvalue weighted by molar-refractivity contribution is 5.94. The summed E-state index contributed by atoms with van der Waals surface area (Å²) in [4.78, 5) is 42.9. The molecule has 1 fully saturated rings. The topological polar surface area (TPSA) is 77.2 Å². The number of piperidine rings is 1. The summed E-state index contributed by atoms with van der Waals surface area (Å²) in [5.41, 5.74) is -0.337. The molecular weight excluding hydrogens is 296 g/mol. The lowest BCUT2D eigenvalue weighted by molar-refractivity contribution is 0.0677. The fourth-order valence-corrected chi connectivity index (χ4v) is 3.11. The molecule has 1 atom stereocenters.